The van der Waals surface area contributed by atoms with E-state index in [1.165, 1.54) is 19.1 Å². The minimum Gasteiger partial charge on any atom is -0.504 e. The van der Waals surface area contributed by atoms with Crippen molar-refractivity contribution in [2.45, 2.75) is 26.2 Å². The lowest BCUT2D eigenvalue weighted by Crippen LogP contribution is -1.92. The predicted octanol–water partition coefficient (Wildman–Crippen LogP) is 1.72. The van der Waals surface area contributed by atoms with Crippen molar-refractivity contribution >= 4 is 5.78 Å². The van der Waals surface area contributed by atoms with Gasteiger partial charge in [0.2, 0.25) is 0 Å². The normalized spacial score (nSPS) is 10.2. The maximum absolute atomic E-state index is 10.7. The van der Waals surface area contributed by atoms with Crippen LogP contribution in [-0.2, 0) is 11.2 Å². The average Bonchev–Trinajstić information content (AvgIpc) is 2.13. The quantitative estimate of drug-likeness (QED) is 0.661. The Morgan fingerprint density at radius 1 is 1.20 bits per heavy atom. The van der Waals surface area contributed by atoms with Crippen molar-refractivity contribution in [1.29, 1.82) is 0 Å². The second-order valence-electron chi connectivity index (χ2n) is 3.54. The number of rotatable bonds is 4. The maximum atomic E-state index is 10.7. The van der Waals surface area contributed by atoms with Gasteiger partial charge < -0.3 is 20.1 Å². The number of hydrogen-bond acceptors (Lipinski definition) is 4. The zero-order valence-corrected chi connectivity index (χ0v) is 8.53. The molecule has 0 aliphatic carbocycles. The molecule has 0 bridgehead atoms. The topological polar surface area (TPSA) is 77.8 Å². The molecule has 1 aromatic carbocycles. The van der Waals surface area contributed by atoms with Crippen LogP contribution < -0.4 is 0 Å². The third kappa shape index (κ3) is 3.16. The lowest BCUT2D eigenvalue weighted by Gasteiger charge is -2.05. The summed E-state index contributed by atoms with van der Waals surface area (Å²) in [6, 6.07) is 2.77. The third-order valence-corrected chi connectivity index (χ3v) is 2.12. The van der Waals surface area contributed by atoms with Crippen LogP contribution in [0, 0.1) is 0 Å². The van der Waals surface area contributed by atoms with E-state index >= 15 is 0 Å². The van der Waals surface area contributed by atoms with Gasteiger partial charge in [0.05, 0.1) is 0 Å². The highest BCUT2D eigenvalue weighted by Gasteiger charge is 2.07. The molecule has 15 heavy (non-hydrogen) atoms. The van der Waals surface area contributed by atoms with Crippen LogP contribution in [0.2, 0.25) is 0 Å². The van der Waals surface area contributed by atoms with Crippen LogP contribution in [0.3, 0.4) is 0 Å². The monoisotopic (exact) mass is 210 g/mol. The Bertz CT molecular complexity index is 348. The van der Waals surface area contributed by atoms with E-state index in [2.05, 4.69) is 0 Å². The van der Waals surface area contributed by atoms with Crippen molar-refractivity contribution in [2.75, 3.05) is 0 Å². The molecule has 0 aliphatic rings. The molecule has 82 valence electrons. The molecule has 0 aromatic heterocycles. The molecule has 4 nitrogen and oxygen atoms in total. The fraction of sp³-hybridized carbons (Fsp3) is 0.364. The van der Waals surface area contributed by atoms with Crippen LogP contribution in [0.5, 0.6) is 17.2 Å². The lowest BCUT2D eigenvalue weighted by molar-refractivity contribution is -0.117. The number of ketones is 1. The molecule has 1 aromatic rings. The molecule has 0 saturated carbocycles. The fourth-order valence-corrected chi connectivity index (χ4v) is 1.35. The molecule has 0 aliphatic heterocycles. The number of carbonyl (C=O) groups excluding carboxylic acids is 1. The highest BCUT2D eigenvalue weighted by atomic mass is 16.3. The molecule has 0 saturated heterocycles. The number of Topliss-reactive ketones (excluding diaryl/α,β-unsaturated/α-hetero) is 1. The Hall–Kier alpha value is -1.71. The summed E-state index contributed by atoms with van der Waals surface area (Å²) in [5.74, 6) is -1.08. The molecular formula is C11H14O4. The van der Waals surface area contributed by atoms with Gasteiger partial charge in [-0.2, -0.15) is 0 Å². The van der Waals surface area contributed by atoms with Crippen LogP contribution in [0.1, 0.15) is 25.3 Å². The number of phenolic OH excluding ortho intramolecular Hbond substituents is 3. The number of aromatic hydroxyl groups is 3. The maximum Gasteiger partial charge on any atom is 0.200 e. The van der Waals surface area contributed by atoms with E-state index < -0.39 is 5.75 Å². The molecule has 3 N–H and O–H groups in total. The van der Waals surface area contributed by atoms with Crippen molar-refractivity contribution in [2.24, 2.45) is 0 Å². The SMILES string of the molecule is CC(=O)CCCc1cc(O)c(O)c(O)c1. The van der Waals surface area contributed by atoms with E-state index in [1.54, 1.807) is 0 Å². The molecule has 0 amide bonds. The van der Waals surface area contributed by atoms with Crippen molar-refractivity contribution in [1.82, 2.24) is 0 Å². The Morgan fingerprint density at radius 3 is 2.20 bits per heavy atom. The Labute approximate surface area is 87.8 Å². The van der Waals surface area contributed by atoms with Gasteiger partial charge in [0.1, 0.15) is 5.78 Å². The summed E-state index contributed by atoms with van der Waals surface area (Å²) in [6.45, 7) is 1.52. The average molecular weight is 210 g/mol. The van der Waals surface area contributed by atoms with Gasteiger partial charge in [-0.05, 0) is 37.5 Å². The van der Waals surface area contributed by atoms with Gasteiger partial charge in [0.25, 0.3) is 0 Å². The number of aryl methyl sites for hydroxylation is 1. The van der Waals surface area contributed by atoms with E-state index in [9.17, 15) is 15.0 Å². The smallest absolute Gasteiger partial charge is 0.200 e. The Kier molecular flexibility index (Phi) is 3.55. The van der Waals surface area contributed by atoms with Crippen molar-refractivity contribution in [3.63, 3.8) is 0 Å². The minimum atomic E-state index is -0.509. The van der Waals surface area contributed by atoms with Crippen molar-refractivity contribution < 1.29 is 20.1 Å². The van der Waals surface area contributed by atoms with E-state index in [4.69, 9.17) is 5.11 Å². The summed E-state index contributed by atoms with van der Waals surface area (Å²) in [4.78, 5) is 10.7. The first-order chi connectivity index (χ1) is 7.00. The van der Waals surface area contributed by atoms with Gasteiger partial charge in [-0.25, -0.2) is 0 Å². The highest BCUT2D eigenvalue weighted by molar-refractivity contribution is 5.75. The Morgan fingerprint density at radius 2 is 1.73 bits per heavy atom. The molecular weight excluding hydrogens is 196 g/mol. The summed E-state index contributed by atoms with van der Waals surface area (Å²) in [5.41, 5.74) is 0.698. The number of carbonyl (C=O) groups is 1. The number of hydrogen-bond donors (Lipinski definition) is 3. The zero-order chi connectivity index (χ0) is 11.4. The second-order valence-corrected chi connectivity index (χ2v) is 3.54. The summed E-state index contributed by atoms with van der Waals surface area (Å²) in [7, 11) is 0. The minimum absolute atomic E-state index is 0.113. The summed E-state index contributed by atoms with van der Waals surface area (Å²) in [6.07, 6.45) is 1.72. The van der Waals surface area contributed by atoms with Crippen LogP contribution in [-0.4, -0.2) is 21.1 Å². The van der Waals surface area contributed by atoms with Crippen molar-refractivity contribution in [3.8, 4) is 17.2 Å². The Balaban J connectivity index is 2.66. The molecule has 0 fully saturated rings. The van der Waals surface area contributed by atoms with Crippen molar-refractivity contribution in [3.05, 3.63) is 17.7 Å². The van der Waals surface area contributed by atoms with E-state index in [0.717, 1.165) is 0 Å². The van der Waals surface area contributed by atoms with E-state index in [-0.39, 0.29) is 17.3 Å². The third-order valence-electron chi connectivity index (χ3n) is 2.12. The summed E-state index contributed by atoms with van der Waals surface area (Å²) < 4.78 is 0. The van der Waals surface area contributed by atoms with Gasteiger partial charge in [-0.1, -0.05) is 0 Å². The fourth-order valence-electron chi connectivity index (χ4n) is 1.35. The number of phenols is 3. The highest BCUT2D eigenvalue weighted by Crippen LogP contribution is 2.35. The molecule has 0 spiro atoms. The zero-order valence-electron chi connectivity index (χ0n) is 8.53. The molecule has 0 unspecified atom stereocenters. The molecule has 1 rings (SSSR count). The van der Waals surface area contributed by atoms with Crippen LogP contribution >= 0.6 is 0 Å². The lowest BCUT2D eigenvalue weighted by atomic mass is 10.1. The molecule has 0 atom stereocenters. The van der Waals surface area contributed by atoms with Gasteiger partial charge in [-0.3, -0.25) is 0 Å². The summed E-state index contributed by atoms with van der Waals surface area (Å²) >= 11 is 0. The molecule has 4 heteroatoms. The summed E-state index contributed by atoms with van der Waals surface area (Å²) in [5, 5.41) is 27.5. The van der Waals surface area contributed by atoms with E-state index in [1.807, 2.05) is 0 Å². The molecule has 0 radical (unpaired) electrons. The van der Waals surface area contributed by atoms with Gasteiger partial charge in [-0.15, -0.1) is 0 Å². The first kappa shape index (κ1) is 11.4. The van der Waals surface area contributed by atoms with Crippen LogP contribution in [0.25, 0.3) is 0 Å². The molecule has 0 heterocycles. The van der Waals surface area contributed by atoms with Gasteiger partial charge >= 0.3 is 0 Å². The first-order valence-corrected chi connectivity index (χ1v) is 4.74. The number of benzene rings is 1. The second kappa shape index (κ2) is 4.68. The van der Waals surface area contributed by atoms with Crippen LogP contribution in [0.4, 0.5) is 0 Å². The first-order valence-electron chi connectivity index (χ1n) is 4.74. The standard InChI is InChI=1S/C11H14O4/c1-7(12)3-2-4-8-5-9(13)11(15)10(14)6-8/h5-6,13-15H,2-4H2,1H3. The van der Waals surface area contributed by atoms with Gasteiger partial charge in [0.15, 0.2) is 17.2 Å². The van der Waals surface area contributed by atoms with Crippen LogP contribution in [0.15, 0.2) is 12.1 Å². The van der Waals surface area contributed by atoms with E-state index in [0.29, 0.717) is 24.8 Å². The largest absolute Gasteiger partial charge is 0.504 e. The predicted molar refractivity (Wildman–Crippen MR) is 55.1 cm³/mol. The van der Waals surface area contributed by atoms with Gasteiger partial charge in [0, 0.05) is 6.42 Å².